The maximum atomic E-state index is 11.8. The number of fused-ring (bicyclic) bond motifs is 1. The Labute approximate surface area is 118 Å². The molecule has 0 spiro atoms. The highest BCUT2D eigenvalue weighted by Gasteiger charge is 2.15. The highest BCUT2D eigenvalue weighted by atomic mass is 16.5. The maximum absolute atomic E-state index is 11.8. The number of rotatable bonds is 2. The van der Waals surface area contributed by atoms with Gasteiger partial charge in [0.2, 0.25) is 0 Å². The lowest BCUT2D eigenvalue weighted by Gasteiger charge is -2.26. The van der Waals surface area contributed by atoms with E-state index in [1.807, 2.05) is 13.8 Å². The summed E-state index contributed by atoms with van der Waals surface area (Å²) in [5, 5.41) is 1.04. The number of aryl methyl sites for hydroxylation is 2. The summed E-state index contributed by atoms with van der Waals surface area (Å²) in [6, 6.07) is 5.75. The Morgan fingerprint density at radius 2 is 1.95 bits per heavy atom. The molecule has 0 unspecified atom stereocenters. The van der Waals surface area contributed by atoms with Gasteiger partial charge < -0.3 is 9.15 Å². The van der Waals surface area contributed by atoms with Gasteiger partial charge in [0, 0.05) is 31.1 Å². The molecule has 1 aliphatic heterocycles. The third kappa shape index (κ3) is 2.49. The Morgan fingerprint density at radius 1 is 1.20 bits per heavy atom. The van der Waals surface area contributed by atoms with Crippen molar-refractivity contribution in [1.82, 2.24) is 4.90 Å². The molecule has 1 saturated heterocycles. The molecule has 0 aliphatic carbocycles. The zero-order valence-electron chi connectivity index (χ0n) is 11.9. The maximum Gasteiger partial charge on any atom is 0.336 e. The fourth-order valence-corrected chi connectivity index (χ4v) is 2.66. The standard InChI is InChI=1S/C16H19NO3/c1-11-3-4-14-13(10-17-5-7-19-8-6-17)9-15(18)20-16(14)12(11)2/h3-4,9H,5-8,10H2,1-2H3. The van der Waals surface area contributed by atoms with Gasteiger partial charge in [-0.05, 0) is 30.5 Å². The van der Waals surface area contributed by atoms with E-state index in [1.165, 1.54) is 0 Å². The van der Waals surface area contributed by atoms with E-state index in [-0.39, 0.29) is 5.63 Å². The van der Waals surface area contributed by atoms with Crippen molar-refractivity contribution in [3.05, 3.63) is 45.3 Å². The average molecular weight is 273 g/mol. The van der Waals surface area contributed by atoms with E-state index in [0.29, 0.717) is 0 Å². The van der Waals surface area contributed by atoms with Gasteiger partial charge in [-0.15, -0.1) is 0 Å². The van der Waals surface area contributed by atoms with E-state index in [0.717, 1.165) is 60.5 Å². The summed E-state index contributed by atoms with van der Waals surface area (Å²) in [7, 11) is 0. The molecule has 0 bridgehead atoms. The molecular formula is C16H19NO3. The molecule has 106 valence electrons. The highest BCUT2D eigenvalue weighted by molar-refractivity contribution is 5.83. The fraction of sp³-hybridized carbons (Fsp3) is 0.438. The second-order valence-electron chi connectivity index (χ2n) is 5.36. The highest BCUT2D eigenvalue weighted by Crippen LogP contribution is 2.24. The third-order valence-electron chi connectivity index (χ3n) is 4.02. The zero-order valence-corrected chi connectivity index (χ0v) is 11.9. The van der Waals surface area contributed by atoms with Crippen LogP contribution in [0.4, 0.5) is 0 Å². The van der Waals surface area contributed by atoms with Crippen molar-refractivity contribution in [2.75, 3.05) is 26.3 Å². The van der Waals surface area contributed by atoms with Gasteiger partial charge >= 0.3 is 5.63 Å². The molecule has 3 rings (SSSR count). The lowest BCUT2D eigenvalue weighted by Crippen LogP contribution is -2.35. The second-order valence-corrected chi connectivity index (χ2v) is 5.36. The van der Waals surface area contributed by atoms with Crippen molar-refractivity contribution in [1.29, 1.82) is 0 Å². The van der Waals surface area contributed by atoms with Gasteiger partial charge in [0.1, 0.15) is 5.58 Å². The number of hydrogen-bond donors (Lipinski definition) is 0. The summed E-state index contributed by atoms with van der Waals surface area (Å²) in [5.41, 5.74) is 3.68. The first-order valence-electron chi connectivity index (χ1n) is 6.98. The lowest BCUT2D eigenvalue weighted by molar-refractivity contribution is 0.0343. The van der Waals surface area contributed by atoms with Gasteiger partial charge in [-0.3, -0.25) is 4.90 Å². The second kappa shape index (κ2) is 5.38. The first-order chi connectivity index (χ1) is 9.65. The monoisotopic (exact) mass is 273 g/mol. The van der Waals surface area contributed by atoms with Crippen molar-refractivity contribution >= 4 is 11.0 Å². The predicted octanol–water partition coefficient (Wildman–Crippen LogP) is 2.24. The van der Waals surface area contributed by atoms with Crippen molar-refractivity contribution in [3.8, 4) is 0 Å². The van der Waals surface area contributed by atoms with Crippen LogP contribution in [0.1, 0.15) is 16.7 Å². The number of hydrogen-bond acceptors (Lipinski definition) is 4. The van der Waals surface area contributed by atoms with Crippen LogP contribution in [0.15, 0.2) is 27.4 Å². The predicted molar refractivity (Wildman–Crippen MR) is 78.1 cm³/mol. The van der Waals surface area contributed by atoms with E-state index in [4.69, 9.17) is 9.15 Å². The molecule has 4 nitrogen and oxygen atoms in total. The quantitative estimate of drug-likeness (QED) is 0.787. The molecule has 1 aliphatic rings. The molecule has 20 heavy (non-hydrogen) atoms. The van der Waals surface area contributed by atoms with E-state index >= 15 is 0 Å². The number of nitrogens with zero attached hydrogens (tertiary/aromatic N) is 1. The molecule has 1 aromatic heterocycles. The van der Waals surface area contributed by atoms with Gasteiger partial charge in [-0.25, -0.2) is 4.79 Å². The minimum absolute atomic E-state index is 0.269. The third-order valence-corrected chi connectivity index (χ3v) is 4.02. The van der Waals surface area contributed by atoms with Gasteiger partial charge in [0.25, 0.3) is 0 Å². The summed E-state index contributed by atoms with van der Waals surface area (Å²) in [6.07, 6.45) is 0. The van der Waals surface area contributed by atoms with E-state index in [2.05, 4.69) is 17.0 Å². The molecule has 0 radical (unpaired) electrons. The smallest absolute Gasteiger partial charge is 0.336 e. The molecule has 2 heterocycles. The largest absolute Gasteiger partial charge is 0.422 e. The number of ether oxygens (including phenoxy) is 1. The molecule has 4 heteroatoms. The Balaban J connectivity index is 2.05. The Hall–Kier alpha value is -1.65. The van der Waals surface area contributed by atoms with Gasteiger partial charge in [0.15, 0.2) is 0 Å². The van der Waals surface area contributed by atoms with Crippen LogP contribution in [0, 0.1) is 13.8 Å². The molecular weight excluding hydrogens is 254 g/mol. The summed E-state index contributed by atoms with van der Waals surface area (Å²) >= 11 is 0. The van der Waals surface area contributed by atoms with Crippen LogP contribution >= 0.6 is 0 Å². The van der Waals surface area contributed by atoms with Gasteiger partial charge in [-0.2, -0.15) is 0 Å². The number of benzene rings is 1. The Kier molecular flexibility index (Phi) is 3.59. The summed E-state index contributed by atoms with van der Waals surface area (Å²) in [5.74, 6) is 0. The summed E-state index contributed by atoms with van der Waals surface area (Å²) in [4.78, 5) is 14.1. The van der Waals surface area contributed by atoms with Gasteiger partial charge in [-0.1, -0.05) is 12.1 Å². The molecule has 0 saturated carbocycles. The lowest BCUT2D eigenvalue weighted by atomic mass is 10.0. The van der Waals surface area contributed by atoms with Crippen molar-refractivity contribution < 1.29 is 9.15 Å². The molecule has 1 aromatic carbocycles. The first kappa shape index (κ1) is 13.3. The van der Waals surface area contributed by atoms with Crippen LogP contribution in [0.25, 0.3) is 11.0 Å². The summed E-state index contributed by atoms with van der Waals surface area (Å²) in [6.45, 7) is 8.14. The molecule has 0 N–H and O–H groups in total. The Morgan fingerprint density at radius 3 is 2.70 bits per heavy atom. The van der Waals surface area contributed by atoms with Crippen LogP contribution in [0.5, 0.6) is 0 Å². The minimum Gasteiger partial charge on any atom is -0.422 e. The topological polar surface area (TPSA) is 42.7 Å². The van der Waals surface area contributed by atoms with Crippen molar-refractivity contribution in [2.24, 2.45) is 0 Å². The van der Waals surface area contributed by atoms with E-state index < -0.39 is 0 Å². The molecule has 2 aromatic rings. The minimum atomic E-state index is -0.269. The van der Waals surface area contributed by atoms with Crippen LogP contribution < -0.4 is 5.63 Å². The SMILES string of the molecule is Cc1ccc2c(CN3CCOCC3)cc(=O)oc2c1C. The van der Waals surface area contributed by atoms with Crippen molar-refractivity contribution in [2.45, 2.75) is 20.4 Å². The average Bonchev–Trinajstić information content (AvgIpc) is 2.44. The van der Waals surface area contributed by atoms with Crippen LogP contribution in [0.3, 0.4) is 0 Å². The summed E-state index contributed by atoms with van der Waals surface area (Å²) < 4.78 is 10.8. The van der Waals surface area contributed by atoms with Crippen LogP contribution in [-0.2, 0) is 11.3 Å². The molecule has 1 fully saturated rings. The normalized spacial score (nSPS) is 16.7. The molecule has 0 atom stereocenters. The molecule has 0 amide bonds. The van der Waals surface area contributed by atoms with Crippen LogP contribution in [-0.4, -0.2) is 31.2 Å². The fourth-order valence-electron chi connectivity index (χ4n) is 2.66. The van der Waals surface area contributed by atoms with Crippen molar-refractivity contribution in [3.63, 3.8) is 0 Å². The first-order valence-corrected chi connectivity index (χ1v) is 6.98. The van der Waals surface area contributed by atoms with E-state index in [9.17, 15) is 4.79 Å². The van der Waals surface area contributed by atoms with Crippen LogP contribution in [0.2, 0.25) is 0 Å². The Bertz CT molecular complexity index is 684. The van der Waals surface area contributed by atoms with E-state index in [1.54, 1.807) is 6.07 Å². The van der Waals surface area contributed by atoms with Gasteiger partial charge in [0.05, 0.1) is 13.2 Å². The number of morpholine rings is 1. The zero-order chi connectivity index (χ0) is 14.1.